The fourth-order valence-corrected chi connectivity index (χ4v) is 2.04. The van der Waals surface area contributed by atoms with E-state index >= 15 is 0 Å². The zero-order valence-electron chi connectivity index (χ0n) is 10.6. The Morgan fingerprint density at radius 1 is 1.25 bits per heavy atom. The van der Waals surface area contributed by atoms with Gasteiger partial charge in [0.2, 0.25) is 6.10 Å². The van der Waals surface area contributed by atoms with Gasteiger partial charge in [0.05, 0.1) is 0 Å². The summed E-state index contributed by atoms with van der Waals surface area (Å²) < 4.78 is 20.0. The fraction of sp³-hybridized carbons (Fsp3) is 0.133. The number of ether oxygens (including phenoxy) is 1. The van der Waals surface area contributed by atoms with Crippen molar-refractivity contribution < 1.29 is 19.0 Å². The zero-order chi connectivity index (χ0) is 14.7. The molecule has 0 saturated heterocycles. The van der Waals surface area contributed by atoms with Crippen LogP contribution in [0.2, 0.25) is 0 Å². The van der Waals surface area contributed by atoms with Crippen LogP contribution in [0.5, 0.6) is 5.75 Å². The molecule has 2 aromatic rings. The van der Waals surface area contributed by atoms with E-state index in [9.17, 15) is 14.3 Å². The van der Waals surface area contributed by atoms with Crippen LogP contribution < -0.4 is 4.74 Å². The Morgan fingerprint density at radius 2 is 1.90 bits per heavy atom. The normalized spacial score (nSPS) is 11.9. The van der Waals surface area contributed by atoms with Crippen molar-refractivity contribution in [3.05, 3.63) is 63.0 Å². The molecule has 0 amide bonds. The van der Waals surface area contributed by atoms with E-state index < -0.39 is 17.9 Å². The van der Waals surface area contributed by atoms with Gasteiger partial charge in [0, 0.05) is 9.13 Å². The van der Waals surface area contributed by atoms with Crippen molar-refractivity contribution in [2.24, 2.45) is 0 Å². The number of carboxylic acid groups (broad SMARTS) is 1. The summed E-state index contributed by atoms with van der Waals surface area (Å²) in [4.78, 5) is 11.3. The van der Waals surface area contributed by atoms with E-state index in [1.54, 1.807) is 25.1 Å². The molecule has 0 heterocycles. The molecule has 0 aliphatic heterocycles. The lowest BCUT2D eigenvalue weighted by Crippen LogP contribution is -2.18. The fourth-order valence-electron chi connectivity index (χ4n) is 1.68. The predicted octanol–water partition coefficient (Wildman–Crippen LogP) is 3.94. The van der Waals surface area contributed by atoms with E-state index in [0.717, 1.165) is 3.57 Å². The van der Waals surface area contributed by atoms with Gasteiger partial charge < -0.3 is 9.84 Å². The van der Waals surface area contributed by atoms with Crippen molar-refractivity contribution in [1.29, 1.82) is 0 Å². The number of rotatable bonds is 4. The van der Waals surface area contributed by atoms with Gasteiger partial charge in [-0.3, -0.25) is 0 Å². The molecule has 0 spiro atoms. The summed E-state index contributed by atoms with van der Waals surface area (Å²) in [5.74, 6) is -1.18. The Kier molecular flexibility index (Phi) is 4.59. The third kappa shape index (κ3) is 3.47. The smallest absolute Gasteiger partial charge is 0.349 e. The van der Waals surface area contributed by atoms with Crippen molar-refractivity contribution in [3.63, 3.8) is 0 Å². The van der Waals surface area contributed by atoms with E-state index in [2.05, 4.69) is 22.6 Å². The molecular formula is C15H12FIO3. The zero-order valence-corrected chi connectivity index (χ0v) is 12.8. The molecule has 0 aliphatic carbocycles. The number of aryl methyl sites for hydroxylation is 1. The van der Waals surface area contributed by atoms with Gasteiger partial charge in [-0.25, -0.2) is 9.18 Å². The number of carbonyl (C=O) groups is 1. The summed E-state index contributed by atoms with van der Waals surface area (Å²) in [5, 5.41) is 9.25. The van der Waals surface area contributed by atoms with Crippen molar-refractivity contribution in [3.8, 4) is 5.75 Å². The molecule has 0 aromatic heterocycles. The van der Waals surface area contributed by atoms with Crippen molar-refractivity contribution in [1.82, 2.24) is 0 Å². The van der Waals surface area contributed by atoms with Crippen LogP contribution in [0.3, 0.4) is 0 Å². The van der Waals surface area contributed by atoms with Crippen LogP contribution in [0.4, 0.5) is 4.39 Å². The van der Waals surface area contributed by atoms with Crippen molar-refractivity contribution in [2.75, 3.05) is 0 Å². The number of halogens is 2. The highest BCUT2D eigenvalue weighted by atomic mass is 127. The monoisotopic (exact) mass is 386 g/mol. The summed E-state index contributed by atoms with van der Waals surface area (Å²) in [6.45, 7) is 1.62. The van der Waals surface area contributed by atoms with Gasteiger partial charge in [-0.15, -0.1) is 0 Å². The Morgan fingerprint density at radius 3 is 2.45 bits per heavy atom. The van der Waals surface area contributed by atoms with Crippen LogP contribution in [0.1, 0.15) is 17.2 Å². The topological polar surface area (TPSA) is 46.5 Å². The van der Waals surface area contributed by atoms with Crippen LogP contribution >= 0.6 is 22.6 Å². The third-order valence-corrected chi connectivity index (χ3v) is 3.51. The van der Waals surface area contributed by atoms with E-state index in [1.807, 2.05) is 12.1 Å². The third-order valence-electron chi connectivity index (χ3n) is 2.79. The molecule has 1 N–H and O–H groups in total. The van der Waals surface area contributed by atoms with Gasteiger partial charge >= 0.3 is 5.97 Å². The molecule has 0 fully saturated rings. The molecule has 0 bridgehead atoms. The van der Waals surface area contributed by atoms with Crippen molar-refractivity contribution >= 4 is 28.6 Å². The summed E-state index contributed by atoms with van der Waals surface area (Å²) >= 11 is 2.14. The second-order valence-electron chi connectivity index (χ2n) is 4.30. The lowest BCUT2D eigenvalue weighted by atomic mass is 10.1. The highest BCUT2D eigenvalue weighted by Crippen LogP contribution is 2.24. The van der Waals surface area contributed by atoms with Gasteiger partial charge in [0.15, 0.2) is 0 Å². The first-order valence-electron chi connectivity index (χ1n) is 5.88. The SMILES string of the molecule is Cc1ccc(C(Oc2ccc(I)cc2)C(=O)O)cc1F. The number of benzene rings is 2. The standard InChI is InChI=1S/C15H12FIO3/c1-9-2-3-10(8-13(9)16)14(15(18)19)20-12-6-4-11(17)5-7-12/h2-8,14H,1H3,(H,18,19). The summed E-state index contributed by atoms with van der Waals surface area (Å²) in [6, 6.07) is 11.3. The Labute approximate surface area is 129 Å². The highest BCUT2D eigenvalue weighted by Gasteiger charge is 2.22. The molecule has 0 aliphatic rings. The first-order chi connectivity index (χ1) is 9.47. The average Bonchev–Trinajstić information content (AvgIpc) is 2.41. The number of hydrogen-bond donors (Lipinski definition) is 1. The maximum absolute atomic E-state index is 13.5. The first-order valence-corrected chi connectivity index (χ1v) is 6.96. The summed E-state index contributed by atoms with van der Waals surface area (Å²) in [6.07, 6.45) is -1.23. The van der Waals surface area contributed by atoms with Gasteiger partial charge in [0.25, 0.3) is 0 Å². The maximum atomic E-state index is 13.5. The minimum Gasteiger partial charge on any atom is -0.478 e. The van der Waals surface area contributed by atoms with Gasteiger partial charge in [-0.05, 0) is 65.4 Å². The Bertz CT molecular complexity index is 626. The molecule has 2 aromatic carbocycles. The summed E-state index contributed by atoms with van der Waals surface area (Å²) in [7, 11) is 0. The quantitative estimate of drug-likeness (QED) is 0.810. The highest BCUT2D eigenvalue weighted by molar-refractivity contribution is 14.1. The summed E-state index contributed by atoms with van der Waals surface area (Å²) in [5.41, 5.74) is 0.742. The van der Waals surface area contributed by atoms with Gasteiger partial charge in [0.1, 0.15) is 11.6 Å². The molecule has 0 saturated carbocycles. The van der Waals surface area contributed by atoms with E-state index in [4.69, 9.17) is 4.74 Å². The predicted molar refractivity (Wildman–Crippen MR) is 81.3 cm³/mol. The van der Waals surface area contributed by atoms with E-state index in [0.29, 0.717) is 11.3 Å². The van der Waals surface area contributed by atoms with E-state index in [1.165, 1.54) is 12.1 Å². The number of carboxylic acids is 1. The Hall–Kier alpha value is -1.63. The second-order valence-corrected chi connectivity index (χ2v) is 5.54. The van der Waals surface area contributed by atoms with Crippen LogP contribution in [0.15, 0.2) is 42.5 Å². The molecule has 0 radical (unpaired) electrons. The lowest BCUT2D eigenvalue weighted by Gasteiger charge is -2.16. The average molecular weight is 386 g/mol. The van der Waals surface area contributed by atoms with Crippen LogP contribution in [-0.4, -0.2) is 11.1 Å². The van der Waals surface area contributed by atoms with Crippen molar-refractivity contribution in [2.45, 2.75) is 13.0 Å². The minimum absolute atomic E-state index is 0.277. The molecule has 3 nitrogen and oxygen atoms in total. The molecule has 5 heteroatoms. The van der Waals surface area contributed by atoms with Gasteiger partial charge in [-0.2, -0.15) is 0 Å². The minimum atomic E-state index is -1.23. The van der Waals surface area contributed by atoms with Gasteiger partial charge in [-0.1, -0.05) is 12.1 Å². The number of aliphatic carboxylic acids is 1. The number of hydrogen-bond acceptors (Lipinski definition) is 2. The van der Waals surface area contributed by atoms with Crippen LogP contribution in [-0.2, 0) is 4.79 Å². The molecule has 1 unspecified atom stereocenters. The molecular weight excluding hydrogens is 374 g/mol. The maximum Gasteiger partial charge on any atom is 0.349 e. The second kappa shape index (κ2) is 6.21. The molecule has 20 heavy (non-hydrogen) atoms. The van der Waals surface area contributed by atoms with Crippen LogP contribution in [0, 0.1) is 16.3 Å². The van der Waals surface area contributed by atoms with E-state index in [-0.39, 0.29) is 5.56 Å². The molecule has 1 atom stereocenters. The largest absolute Gasteiger partial charge is 0.478 e. The van der Waals surface area contributed by atoms with Crippen LogP contribution in [0.25, 0.3) is 0 Å². The lowest BCUT2D eigenvalue weighted by molar-refractivity contribution is -0.145. The first kappa shape index (κ1) is 14.8. The molecule has 2 rings (SSSR count). The molecule has 104 valence electrons. The Balaban J connectivity index is 2.29.